The molecule has 35 heteroatoms. The molecular weight excluding hydrogens is 1740 g/mol. The number of H-pyrrole nitrogens is 2. The van der Waals surface area contributed by atoms with Crippen molar-refractivity contribution >= 4 is 206 Å². The second-order valence-corrected chi connectivity index (χ2v) is 54.6. The predicted octanol–water partition coefficient (Wildman–Crippen LogP) is 15.0. The Morgan fingerprint density at radius 2 is 0.967 bits per heavy atom. The Kier molecular flexibility index (Phi) is 35.5. The Hall–Kier alpha value is -2.73. The Balaban J connectivity index is 0.000000210. The van der Waals surface area contributed by atoms with Gasteiger partial charge < -0.3 is 42.2 Å². The van der Waals surface area contributed by atoms with Gasteiger partial charge in [0.1, 0.15) is 68.0 Å². The van der Waals surface area contributed by atoms with Gasteiger partial charge in [0.25, 0.3) is 0 Å². The highest BCUT2D eigenvalue weighted by molar-refractivity contribution is 14.3. The van der Waals surface area contributed by atoms with Crippen LogP contribution in [-0.2, 0) is 43.7 Å². The van der Waals surface area contributed by atoms with Crippen molar-refractivity contribution in [1.29, 1.82) is 0 Å². The van der Waals surface area contributed by atoms with Crippen molar-refractivity contribution in [1.82, 2.24) is 87.9 Å². The normalized spacial score (nSPS) is 11.7. The molecule has 0 amide bonds. The van der Waals surface area contributed by atoms with Gasteiger partial charge in [0.2, 0.25) is 0 Å². The number of hydrogen-bond donors (Lipinski definition) is 2. The third kappa shape index (κ3) is 26.9. The number of fused-ring (bicyclic) bond motifs is 4. The summed E-state index contributed by atoms with van der Waals surface area (Å²) in [5, 5.41) is 19.5. The summed E-state index contributed by atoms with van der Waals surface area (Å²) in [6, 6.07) is 11.6. The van der Waals surface area contributed by atoms with Crippen LogP contribution in [0.1, 0.15) is 11.4 Å². The Labute approximate surface area is 606 Å². The summed E-state index contributed by atoms with van der Waals surface area (Å²) in [5.41, 5.74) is 10.4. The third-order valence-electron chi connectivity index (χ3n) is 13.3. The highest BCUT2D eigenvalue weighted by Gasteiger charge is 2.20. The zero-order chi connectivity index (χ0) is 67.4. The van der Waals surface area contributed by atoms with Crippen LogP contribution in [0, 0.1) is 13.8 Å². The first kappa shape index (κ1) is 80.0. The minimum Gasteiger partial charge on any atom is -0.410 e. The summed E-state index contributed by atoms with van der Waals surface area (Å²) in [7, 11) is 6.19. The van der Waals surface area contributed by atoms with Crippen LogP contribution in [0.3, 0.4) is 0 Å². The van der Waals surface area contributed by atoms with E-state index in [0.717, 1.165) is 103 Å². The van der Waals surface area contributed by atoms with E-state index >= 15 is 0 Å². The van der Waals surface area contributed by atoms with Crippen LogP contribution in [0.5, 0.6) is 0 Å². The van der Waals surface area contributed by atoms with E-state index in [1.807, 2.05) is 115 Å². The molecule has 4 atom stereocenters. The molecule has 0 aliphatic rings. The van der Waals surface area contributed by atoms with Gasteiger partial charge in [-0.05, 0) is 61.2 Å². The fourth-order valence-corrected chi connectivity index (χ4v) is 12.1. The van der Waals surface area contributed by atoms with Gasteiger partial charge in [-0.2, -0.15) is 15.3 Å². The lowest BCUT2D eigenvalue weighted by atomic mass is 9.82. The number of rotatable bonds is 22. The molecule has 0 fully saturated rings. The van der Waals surface area contributed by atoms with E-state index in [2.05, 4.69) is 232 Å². The number of halogens is 4. The van der Waals surface area contributed by atoms with Crippen LogP contribution in [0.15, 0.2) is 112 Å². The first-order valence-corrected chi connectivity index (χ1v) is 51.7. The van der Waals surface area contributed by atoms with E-state index in [4.69, 9.17) is 23.5 Å². The van der Waals surface area contributed by atoms with Gasteiger partial charge >= 0.3 is 7.12 Å². The minimum atomic E-state index is -1.06. The quantitative estimate of drug-likeness (QED) is 0.0211. The summed E-state index contributed by atoms with van der Waals surface area (Å²) in [6.45, 7) is 29.2. The number of ether oxygens (including phenoxy) is 3. The molecule has 0 aliphatic carbocycles. The molecule has 11 aromatic rings. The van der Waals surface area contributed by atoms with Crippen LogP contribution in [-0.4, -0.2) is 158 Å². The van der Waals surface area contributed by atoms with E-state index in [0.29, 0.717) is 37.0 Å². The van der Waals surface area contributed by atoms with Crippen molar-refractivity contribution in [2.75, 3.05) is 39.0 Å². The molecule has 0 saturated heterocycles. The van der Waals surface area contributed by atoms with E-state index in [-0.39, 0.29) is 7.12 Å². The first-order chi connectivity index (χ1) is 43.9. The maximum atomic E-state index is 5.85. The lowest BCUT2D eigenvalue weighted by Crippen LogP contribution is -2.33. The maximum absolute atomic E-state index is 5.85. The van der Waals surface area contributed by atoms with Crippen molar-refractivity contribution < 1.29 is 23.5 Å². The molecule has 498 valence electrons. The Morgan fingerprint density at radius 3 is 1.39 bits per heavy atom. The van der Waals surface area contributed by atoms with Gasteiger partial charge in [0.05, 0.1) is 35.2 Å². The topological polar surface area (TPSA) is 244 Å². The van der Waals surface area contributed by atoms with Gasteiger partial charge in [-0.1, -0.05) is 167 Å². The molecule has 11 heterocycles. The summed E-state index contributed by atoms with van der Waals surface area (Å²) in [4.78, 5) is 39.2. The van der Waals surface area contributed by atoms with E-state index < -0.39 is 24.2 Å². The van der Waals surface area contributed by atoms with Crippen molar-refractivity contribution in [2.24, 2.45) is 0 Å². The van der Waals surface area contributed by atoms with Gasteiger partial charge in [0, 0.05) is 163 Å². The standard InChI is InChI=1S/C15H23N5OP2Si.C15H21N5OSi.C13H21N3OSi.C7H7N3.C5H11BN2O2P2.CHI3.CH3I/c1-24(2,3)7-6-21-11-19-5-4-13-14(16-10-17-15(13)19)12-8-18-20(9-12)23-22;1-22(2,3)7-6-21-11-20-5-4-13-14(12-8-18-19-9-12)16-10-17-15(13)20;1-11-12-5-6-16(13(12)15-9-14-11)10-17-7-8-18(2,3)4;1-5-6-2-3-8-7(6)10-4-9-5;1-9-6(10-2)5-3-7-8(4-5)12-11;2-1(3)4;1-2/h4-5,8-10,23H,6-7,11,22H2,1-3H3;4-5,8-10H,6-7,11H2,1-3H3,(H,18,19);5-6,9H,7-8,10H2,1-4H3;2-4H,1H3,(H,8,9,10);3-4,12H,11H2,1-2H3;1H;1H3. The smallest absolute Gasteiger partial charge is 0.410 e. The minimum absolute atomic E-state index is 0.305. The molecule has 4 unspecified atom stereocenters. The van der Waals surface area contributed by atoms with E-state index in [9.17, 15) is 0 Å². The summed E-state index contributed by atoms with van der Waals surface area (Å²) in [6.07, 6.45) is 25.4. The number of hydrogen-bond acceptors (Lipinski definition) is 16. The van der Waals surface area contributed by atoms with Gasteiger partial charge in [0.15, 0.2) is 0 Å². The Bertz CT molecular complexity index is 3870. The monoisotopic (exact) mass is 1830 g/mol. The zero-order valence-electron chi connectivity index (χ0n) is 54.8. The Morgan fingerprint density at radius 1 is 0.543 bits per heavy atom. The molecule has 11 aromatic heterocycles. The molecule has 0 spiro atoms. The second-order valence-electron chi connectivity index (χ2n) is 23.9. The SMILES string of the molecule is CI.COB(OC)c1cnn(PP)c1.C[Si](C)(C)CCOCn1ccc2c(-c3cn[nH]c3)ncnc21.C[Si](C)(C)CCOCn1ccc2c(-c3cnn(PP)c3)ncnc21.Cc1ncnc2[nH]ccc12.Cc1ncnc2c1ccn2COCC[Si](C)(C)C.IC(I)I. The summed E-state index contributed by atoms with van der Waals surface area (Å²) in [5.74, 6) is 0. The number of aryl methyl sites for hydroxylation is 2. The average Bonchev–Trinajstić information content (AvgIpc) is 1.71. The predicted molar refractivity (Wildman–Crippen MR) is 431 cm³/mol. The largest absolute Gasteiger partial charge is 0.496 e. The number of alkyl halides is 4. The van der Waals surface area contributed by atoms with Gasteiger partial charge in [-0.15, -0.1) is 0 Å². The van der Waals surface area contributed by atoms with Gasteiger partial charge in [-0.3, -0.25) is 14.0 Å². The molecular formula is C57H87BI4N18O5P4Si3. The molecule has 92 heavy (non-hydrogen) atoms. The number of aromatic amines is 2. The van der Waals surface area contributed by atoms with Crippen LogP contribution >= 0.6 is 125 Å². The lowest BCUT2D eigenvalue weighted by molar-refractivity contribution is 0.0898. The summed E-state index contributed by atoms with van der Waals surface area (Å²) >= 11 is 9.10. The van der Waals surface area contributed by atoms with Crippen molar-refractivity contribution in [3.63, 3.8) is 0 Å². The van der Waals surface area contributed by atoms with Crippen molar-refractivity contribution in [2.45, 2.75) is 111 Å². The molecule has 0 aromatic carbocycles. The second kappa shape index (κ2) is 40.9. The molecule has 2 N–H and O–H groups in total. The number of nitrogens with one attached hydrogen (secondary N) is 2. The van der Waals surface area contributed by atoms with E-state index in [1.54, 1.807) is 51.9 Å². The molecule has 23 nitrogen and oxygen atoms in total. The van der Waals surface area contributed by atoms with Crippen LogP contribution in [0.25, 0.3) is 66.6 Å². The third-order valence-corrected chi connectivity index (χ3v) is 21.0. The summed E-state index contributed by atoms with van der Waals surface area (Å²) < 4.78 is 38.1. The molecule has 0 bridgehead atoms. The number of aromatic nitrogens is 18. The van der Waals surface area contributed by atoms with Crippen LogP contribution < -0.4 is 5.46 Å². The first-order valence-electron chi connectivity index (χ1n) is 29.1. The fourth-order valence-electron chi connectivity index (χ4n) is 8.33. The van der Waals surface area contributed by atoms with E-state index in [1.165, 1.54) is 18.1 Å². The highest BCUT2D eigenvalue weighted by Crippen LogP contribution is 2.30. The molecule has 11 rings (SSSR count). The molecule has 0 radical (unpaired) electrons. The highest BCUT2D eigenvalue weighted by atomic mass is 127. The maximum Gasteiger partial charge on any atom is 0.496 e. The fraction of sp³-hybridized carbons (Fsp3) is 0.421. The zero-order valence-corrected chi connectivity index (χ0v) is 70.7. The lowest BCUT2D eigenvalue weighted by Gasteiger charge is -2.15. The van der Waals surface area contributed by atoms with Crippen LogP contribution in [0.2, 0.25) is 77.1 Å². The number of nitrogens with zero attached hydrogens (tertiary/aromatic N) is 16. The van der Waals surface area contributed by atoms with Crippen molar-refractivity contribution in [3.8, 4) is 22.5 Å². The van der Waals surface area contributed by atoms with Crippen molar-refractivity contribution in [3.05, 3.63) is 123 Å². The molecule has 0 aliphatic heterocycles. The van der Waals surface area contributed by atoms with Crippen LogP contribution in [0.4, 0.5) is 0 Å². The average molecular weight is 1830 g/mol. The molecule has 0 saturated carbocycles. The van der Waals surface area contributed by atoms with Gasteiger partial charge in [-0.25, -0.2) is 39.9 Å².